The van der Waals surface area contributed by atoms with Crippen LogP contribution in [0.1, 0.15) is 67.0 Å². The lowest BCUT2D eigenvalue weighted by Crippen LogP contribution is -2.50. The number of hydrogen-bond acceptors (Lipinski definition) is 4. The number of anilines is 1. The van der Waals surface area contributed by atoms with Crippen LogP contribution in [0.15, 0.2) is 36.5 Å². The number of fused-ring (bicyclic) bond motifs is 4. The Kier molecular flexibility index (Phi) is 5.45. The van der Waals surface area contributed by atoms with Crippen molar-refractivity contribution < 1.29 is 0 Å². The third-order valence-corrected chi connectivity index (χ3v) is 8.28. The van der Waals surface area contributed by atoms with Gasteiger partial charge in [0.1, 0.15) is 0 Å². The van der Waals surface area contributed by atoms with Gasteiger partial charge in [0.25, 0.3) is 0 Å². The maximum Gasteiger partial charge on any atom is 0.0610 e. The Morgan fingerprint density at radius 1 is 0.935 bits per heavy atom. The first-order valence-electron chi connectivity index (χ1n) is 12.6. The van der Waals surface area contributed by atoms with Crippen LogP contribution in [0.4, 0.5) is 5.69 Å². The number of piperidine rings is 2. The standard InChI is InChI=1S/C27H36N4/c1-2-14-30(15-3-1)25-10-4-7-22-18-29-23(17-24(22)25)19-31-16-6-9-21-12-11-20-8-5-13-28-26(20)27(21)31/h4-5,7-8,10,13,21,23,27,29H,1-3,6,9,11-12,14-19H2/t21-,23-,27+/m1/s1. The number of aromatic nitrogens is 1. The SMILES string of the molecule is c1cnc2c(c1)CC[C@H]1CCCN(C[C@H]3Cc4c(cccc4N4CCCCC4)CN3)[C@H]21. The summed E-state index contributed by atoms with van der Waals surface area (Å²) in [5, 5.41) is 3.89. The molecule has 2 saturated heterocycles. The zero-order valence-electron chi connectivity index (χ0n) is 18.7. The van der Waals surface area contributed by atoms with Crippen LogP contribution >= 0.6 is 0 Å². The van der Waals surface area contributed by atoms with Gasteiger partial charge in [-0.15, -0.1) is 0 Å². The number of nitrogens with one attached hydrogen (secondary N) is 1. The molecule has 1 aliphatic carbocycles. The maximum atomic E-state index is 4.89. The molecule has 4 nitrogen and oxygen atoms in total. The van der Waals surface area contributed by atoms with Gasteiger partial charge in [-0.05, 0) is 92.7 Å². The molecule has 1 aromatic carbocycles. The molecule has 3 aliphatic heterocycles. The zero-order chi connectivity index (χ0) is 20.6. The van der Waals surface area contributed by atoms with Crippen molar-refractivity contribution in [3.05, 3.63) is 58.9 Å². The molecule has 4 heteroatoms. The van der Waals surface area contributed by atoms with Gasteiger partial charge in [-0.1, -0.05) is 18.2 Å². The lowest BCUT2D eigenvalue weighted by molar-refractivity contribution is 0.0661. The van der Waals surface area contributed by atoms with Gasteiger partial charge in [0.2, 0.25) is 0 Å². The van der Waals surface area contributed by atoms with Gasteiger partial charge in [-0.3, -0.25) is 9.88 Å². The summed E-state index contributed by atoms with van der Waals surface area (Å²) in [5.74, 6) is 0.788. The number of aryl methyl sites for hydroxylation is 1. The normalized spacial score (nSPS) is 28.5. The molecule has 1 N–H and O–H groups in total. The molecule has 3 atom stereocenters. The second kappa shape index (κ2) is 8.55. The van der Waals surface area contributed by atoms with E-state index in [0.29, 0.717) is 12.1 Å². The van der Waals surface area contributed by atoms with Crippen LogP contribution in [0.2, 0.25) is 0 Å². The predicted octanol–water partition coefficient (Wildman–Crippen LogP) is 4.49. The van der Waals surface area contributed by atoms with Gasteiger partial charge >= 0.3 is 0 Å². The summed E-state index contributed by atoms with van der Waals surface area (Å²) in [6, 6.07) is 12.5. The highest BCUT2D eigenvalue weighted by Gasteiger charge is 2.38. The fraction of sp³-hybridized carbons (Fsp3) is 0.593. The summed E-state index contributed by atoms with van der Waals surface area (Å²) < 4.78 is 0. The highest BCUT2D eigenvalue weighted by molar-refractivity contribution is 5.58. The van der Waals surface area contributed by atoms with Gasteiger partial charge in [0.15, 0.2) is 0 Å². The highest BCUT2D eigenvalue weighted by atomic mass is 15.2. The summed E-state index contributed by atoms with van der Waals surface area (Å²) in [6.07, 6.45) is 12.5. The van der Waals surface area contributed by atoms with Crippen LogP contribution < -0.4 is 10.2 Å². The molecule has 0 amide bonds. The van der Waals surface area contributed by atoms with Gasteiger partial charge in [-0.25, -0.2) is 0 Å². The van der Waals surface area contributed by atoms with E-state index in [2.05, 4.69) is 45.4 Å². The average molecular weight is 417 g/mol. The summed E-state index contributed by atoms with van der Waals surface area (Å²) >= 11 is 0. The van der Waals surface area contributed by atoms with E-state index in [0.717, 1.165) is 25.4 Å². The molecule has 0 bridgehead atoms. The van der Waals surface area contributed by atoms with Crippen LogP contribution in [-0.4, -0.2) is 42.1 Å². The molecule has 2 fully saturated rings. The smallest absolute Gasteiger partial charge is 0.0610 e. The molecule has 164 valence electrons. The van der Waals surface area contributed by atoms with E-state index in [9.17, 15) is 0 Å². The van der Waals surface area contributed by atoms with E-state index in [1.54, 1.807) is 5.56 Å². The fourth-order valence-electron chi connectivity index (χ4n) is 6.76. The first-order valence-corrected chi connectivity index (χ1v) is 12.6. The van der Waals surface area contributed by atoms with Crippen molar-refractivity contribution in [3.63, 3.8) is 0 Å². The van der Waals surface area contributed by atoms with Crippen LogP contribution in [-0.2, 0) is 19.4 Å². The van der Waals surface area contributed by atoms with Crippen molar-refractivity contribution in [1.29, 1.82) is 0 Å². The predicted molar refractivity (Wildman–Crippen MR) is 126 cm³/mol. The van der Waals surface area contributed by atoms with Gasteiger partial charge in [0, 0.05) is 44.1 Å². The van der Waals surface area contributed by atoms with Crippen molar-refractivity contribution in [3.8, 4) is 0 Å². The Morgan fingerprint density at radius 3 is 2.77 bits per heavy atom. The lowest BCUT2D eigenvalue weighted by atomic mass is 9.76. The lowest BCUT2D eigenvalue weighted by Gasteiger charge is -2.46. The molecule has 31 heavy (non-hydrogen) atoms. The highest BCUT2D eigenvalue weighted by Crippen LogP contribution is 2.43. The Morgan fingerprint density at radius 2 is 1.84 bits per heavy atom. The van der Waals surface area contributed by atoms with Crippen LogP contribution in [0.25, 0.3) is 0 Å². The Labute approximate surface area is 187 Å². The fourth-order valence-corrected chi connectivity index (χ4v) is 6.76. The second-order valence-electron chi connectivity index (χ2n) is 10.2. The molecule has 0 radical (unpaired) electrons. The number of pyridine rings is 1. The molecule has 4 heterocycles. The van der Waals surface area contributed by atoms with Crippen LogP contribution in [0, 0.1) is 5.92 Å². The maximum absolute atomic E-state index is 4.89. The van der Waals surface area contributed by atoms with Crippen molar-refractivity contribution >= 4 is 5.69 Å². The minimum absolute atomic E-state index is 0.527. The number of hydrogen-bond donors (Lipinski definition) is 1. The third kappa shape index (κ3) is 3.78. The van der Waals surface area contributed by atoms with E-state index in [1.807, 2.05) is 6.20 Å². The summed E-state index contributed by atoms with van der Waals surface area (Å²) in [6.45, 7) is 5.83. The van der Waals surface area contributed by atoms with E-state index >= 15 is 0 Å². The van der Waals surface area contributed by atoms with Gasteiger partial charge in [0.05, 0.1) is 11.7 Å². The average Bonchev–Trinajstić information content (AvgIpc) is 2.84. The minimum Gasteiger partial charge on any atom is -0.371 e. The Bertz CT molecular complexity index is 919. The van der Waals surface area contributed by atoms with Crippen molar-refractivity contribution in [2.75, 3.05) is 31.1 Å². The van der Waals surface area contributed by atoms with Crippen molar-refractivity contribution in [1.82, 2.24) is 15.2 Å². The molecule has 0 unspecified atom stereocenters. The van der Waals surface area contributed by atoms with E-state index < -0.39 is 0 Å². The molecule has 0 saturated carbocycles. The van der Waals surface area contributed by atoms with E-state index in [-0.39, 0.29) is 0 Å². The summed E-state index contributed by atoms with van der Waals surface area (Å²) in [4.78, 5) is 10.3. The number of rotatable bonds is 3. The Balaban J connectivity index is 1.23. The van der Waals surface area contributed by atoms with Gasteiger partial charge in [-0.2, -0.15) is 0 Å². The molecule has 2 aromatic rings. The summed E-state index contributed by atoms with van der Waals surface area (Å²) in [7, 11) is 0. The first kappa shape index (κ1) is 19.8. The minimum atomic E-state index is 0.527. The second-order valence-corrected chi connectivity index (χ2v) is 10.2. The molecule has 4 aliphatic rings. The quantitative estimate of drug-likeness (QED) is 0.799. The molecular weight excluding hydrogens is 380 g/mol. The largest absolute Gasteiger partial charge is 0.371 e. The summed E-state index contributed by atoms with van der Waals surface area (Å²) in [5.41, 5.74) is 7.52. The number of nitrogens with zero attached hydrogens (tertiary/aromatic N) is 3. The first-order chi connectivity index (χ1) is 15.4. The van der Waals surface area contributed by atoms with Crippen molar-refractivity contribution in [2.24, 2.45) is 5.92 Å². The van der Waals surface area contributed by atoms with Gasteiger partial charge < -0.3 is 10.2 Å². The van der Waals surface area contributed by atoms with E-state index in [1.165, 1.54) is 87.1 Å². The van der Waals surface area contributed by atoms with Crippen molar-refractivity contribution in [2.45, 2.75) is 70.0 Å². The third-order valence-electron chi connectivity index (χ3n) is 8.28. The molecule has 6 rings (SSSR count). The monoisotopic (exact) mass is 416 g/mol. The zero-order valence-corrected chi connectivity index (χ0v) is 18.7. The molecular formula is C27H36N4. The topological polar surface area (TPSA) is 31.4 Å². The van der Waals surface area contributed by atoms with Crippen LogP contribution in [0.3, 0.4) is 0 Å². The van der Waals surface area contributed by atoms with Crippen LogP contribution in [0.5, 0.6) is 0 Å². The Hall–Kier alpha value is -1.91. The number of likely N-dealkylation sites (tertiary alicyclic amines) is 1. The number of benzene rings is 1. The molecule has 1 aromatic heterocycles. The van der Waals surface area contributed by atoms with E-state index in [4.69, 9.17) is 4.98 Å². The molecule has 0 spiro atoms.